The van der Waals surface area contributed by atoms with E-state index in [4.69, 9.17) is 9.84 Å². The molecule has 0 spiro atoms. The maximum absolute atomic E-state index is 13.0. The van der Waals surface area contributed by atoms with E-state index in [2.05, 4.69) is 10.1 Å². The predicted molar refractivity (Wildman–Crippen MR) is 68.6 cm³/mol. The first kappa shape index (κ1) is 14.0. The van der Waals surface area contributed by atoms with E-state index in [1.807, 2.05) is 13.8 Å². The predicted octanol–water partition coefficient (Wildman–Crippen LogP) is 2.80. The quantitative estimate of drug-likeness (QED) is 0.931. The molecular formula is C13H14FN3O3. The fourth-order valence-corrected chi connectivity index (χ4v) is 1.63. The molecule has 1 heterocycles. The third kappa shape index (κ3) is 2.76. The fourth-order valence-electron chi connectivity index (χ4n) is 1.63. The van der Waals surface area contributed by atoms with E-state index in [9.17, 15) is 9.18 Å². The number of benzene rings is 1. The minimum atomic E-state index is -1.23. The number of carboxylic acid groups (broad SMARTS) is 1. The summed E-state index contributed by atoms with van der Waals surface area (Å²) in [5.74, 6) is -1.54. The van der Waals surface area contributed by atoms with Gasteiger partial charge in [-0.2, -0.15) is 4.98 Å². The van der Waals surface area contributed by atoms with Gasteiger partial charge in [-0.15, -0.1) is 5.10 Å². The van der Waals surface area contributed by atoms with Gasteiger partial charge < -0.3 is 9.84 Å². The van der Waals surface area contributed by atoms with Crippen LogP contribution in [0.3, 0.4) is 0 Å². The Hall–Kier alpha value is -2.44. The average Bonchev–Trinajstić information content (AvgIpc) is 2.77. The van der Waals surface area contributed by atoms with Gasteiger partial charge in [0.15, 0.2) is 0 Å². The molecule has 2 aromatic rings. The van der Waals surface area contributed by atoms with Crippen LogP contribution in [-0.2, 0) is 0 Å². The average molecular weight is 279 g/mol. The number of aromatic carboxylic acids is 1. The van der Waals surface area contributed by atoms with Gasteiger partial charge in [0.2, 0.25) is 0 Å². The standard InChI is InChI=1S/C13H14FN3O3/c1-7(2)17-13(15-11(16-17)12(18)19)20-10-5-4-9(14)6-8(10)3/h4-7H,1-3H3,(H,18,19). The summed E-state index contributed by atoms with van der Waals surface area (Å²) in [6.07, 6.45) is 0. The van der Waals surface area contributed by atoms with E-state index < -0.39 is 5.97 Å². The number of carbonyl (C=O) groups is 1. The van der Waals surface area contributed by atoms with Gasteiger partial charge >= 0.3 is 12.0 Å². The van der Waals surface area contributed by atoms with Crippen molar-refractivity contribution in [1.29, 1.82) is 0 Å². The topological polar surface area (TPSA) is 77.2 Å². The molecule has 0 unspecified atom stereocenters. The second kappa shape index (κ2) is 5.28. The van der Waals surface area contributed by atoms with Crippen LogP contribution >= 0.6 is 0 Å². The summed E-state index contributed by atoms with van der Waals surface area (Å²) in [5.41, 5.74) is 0.584. The Morgan fingerprint density at radius 3 is 2.70 bits per heavy atom. The highest BCUT2D eigenvalue weighted by Gasteiger charge is 2.19. The van der Waals surface area contributed by atoms with Gasteiger partial charge in [0.1, 0.15) is 11.6 Å². The molecule has 20 heavy (non-hydrogen) atoms. The highest BCUT2D eigenvalue weighted by molar-refractivity contribution is 5.83. The molecule has 0 radical (unpaired) electrons. The van der Waals surface area contributed by atoms with E-state index in [1.165, 1.54) is 22.9 Å². The van der Waals surface area contributed by atoms with E-state index in [0.717, 1.165) is 0 Å². The first-order chi connectivity index (χ1) is 9.38. The van der Waals surface area contributed by atoms with Crippen LogP contribution < -0.4 is 4.74 Å². The van der Waals surface area contributed by atoms with Crippen LogP contribution in [0, 0.1) is 12.7 Å². The van der Waals surface area contributed by atoms with Crippen LogP contribution in [0.25, 0.3) is 0 Å². The first-order valence-electron chi connectivity index (χ1n) is 6.02. The third-order valence-electron chi connectivity index (χ3n) is 2.62. The number of carboxylic acids is 1. The number of aromatic nitrogens is 3. The molecule has 7 heteroatoms. The van der Waals surface area contributed by atoms with Gasteiger partial charge in [-0.25, -0.2) is 13.9 Å². The minimum Gasteiger partial charge on any atom is -0.475 e. The van der Waals surface area contributed by atoms with Crippen LogP contribution in [0.1, 0.15) is 36.1 Å². The first-order valence-corrected chi connectivity index (χ1v) is 6.02. The van der Waals surface area contributed by atoms with Crippen LogP contribution in [0.4, 0.5) is 4.39 Å². The molecule has 1 aromatic carbocycles. The highest BCUT2D eigenvalue weighted by Crippen LogP contribution is 2.26. The number of hydrogen-bond donors (Lipinski definition) is 1. The van der Waals surface area contributed by atoms with Crippen LogP contribution in [-0.4, -0.2) is 25.8 Å². The smallest absolute Gasteiger partial charge is 0.375 e. The van der Waals surface area contributed by atoms with Crippen LogP contribution in [0.2, 0.25) is 0 Å². The monoisotopic (exact) mass is 279 g/mol. The van der Waals surface area contributed by atoms with Crippen molar-refractivity contribution in [2.75, 3.05) is 0 Å². The summed E-state index contributed by atoms with van der Waals surface area (Å²) in [4.78, 5) is 14.7. The molecule has 1 aromatic heterocycles. The van der Waals surface area contributed by atoms with Crippen molar-refractivity contribution in [2.45, 2.75) is 26.8 Å². The number of rotatable bonds is 4. The Morgan fingerprint density at radius 2 is 2.15 bits per heavy atom. The molecule has 0 atom stereocenters. The summed E-state index contributed by atoms with van der Waals surface area (Å²) < 4.78 is 20.0. The Balaban J connectivity index is 2.39. The molecule has 0 fully saturated rings. The van der Waals surface area contributed by atoms with Crippen LogP contribution in [0.5, 0.6) is 11.8 Å². The van der Waals surface area contributed by atoms with Crippen molar-refractivity contribution in [2.24, 2.45) is 0 Å². The van der Waals surface area contributed by atoms with E-state index in [0.29, 0.717) is 11.3 Å². The Labute approximate surface area is 114 Å². The summed E-state index contributed by atoms with van der Waals surface area (Å²) in [7, 11) is 0. The molecule has 0 amide bonds. The maximum Gasteiger partial charge on any atom is 0.375 e. The SMILES string of the molecule is Cc1cc(F)ccc1Oc1nc(C(=O)O)nn1C(C)C. The second-order valence-corrected chi connectivity index (χ2v) is 4.57. The van der Waals surface area contributed by atoms with Crippen LogP contribution in [0.15, 0.2) is 18.2 Å². The van der Waals surface area contributed by atoms with Crippen molar-refractivity contribution in [3.8, 4) is 11.8 Å². The van der Waals surface area contributed by atoms with E-state index in [-0.39, 0.29) is 23.7 Å². The lowest BCUT2D eigenvalue weighted by Crippen LogP contribution is -2.07. The zero-order chi connectivity index (χ0) is 14.9. The summed E-state index contributed by atoms with van der Waals surface area (Å²) in [6.45, 7) is 5.34. The molecule has 0 saturated carbocycles. The van der Waals surface area contributed by atoms with Crippen molar-refractivity contribution >= 4 is 5.97 Å². The zero-order valence-corrected chi connectivity index (χ0v) is 11.3. The lowest BCUT2D eigenvalue weighted by molar-refractivity contribution is 0.0683. The molecule has 0 aliphatic rings. The van der Waals surface area contributed by atoms with Crippen molar-refractivity contribution in [3.05, 3.63) is 35.4 Å². The summed E-state index contributed by atoms with van der Waals surface area (Å²) >= 11 is 0. The number of halogens is 1. The molecule has 6 nitrogen and oxygen atoms in total. The van der Waals surface area contributed by atoms with Gasteiger partial charge in [0.05, 0.1) is 6.04 Å². The lowest BCUT2D eigenvalue weighted by atomic mass is 10.2. The zero-order valence-electron chi connectivity index (χ0n) is 11.3. The lowest BCUT2D eigenvalue weighted by Gasteiger charge is -2.11. The van der Waals surface area contributed by atoms with Gasteiger partial charge in [-0.1, -0.05) is 0 Å². The molecular weight excluding hydrogens is 265 g/mol. The maximum atomic E-state index is 13.0. The molecule has 0 aliphatic carbocycles. The van der Waals surface area contributed by atoms with Crippen molar-refractivity contribution in [3.63, 3.8) is 0 Å². The molecule has 106 valence electrons. The molecule has 2 rings (SSSR count). The fraction of sp³-hybridized carbons (Fsp3) is 0.308. The van der Waals surface area contributed by atoms with E-state index in [1.54, 1.807) is 6.92 Å². The Morgan fingerprint density at radius 1 is 1.45 bits per heavy atom. The Bertz CT molecular complexity index is 652. The van der Waals surface area contributed by atoms with Gasteiger partial charge in [0.25, 0.3) is 5.82 Å². The number of hydrogen-bond acceptors (Lipinski definition) is 4. The molecule has 1 N–H and O–H groups in total. The van der Waals surface area contributed by atoms with Gasteiger partial charge in [-0.05, 0) is 44.5 Å². The number of aryl methyl sites for hydroxylation is 1. The minimum absolute atomic E-state index is 0.0621. The second-order valence-electron chi connectivity index (χ2n) is 4.57. The van der Waals surface area contributed by atoms with E-state index >= 15 is 0 Å². The van der Waals surface area contributed by atoms with Crippen molar-refractivity contribution < 1.29 is 19.0 Å². The normalized spacial score (nSPS) is 10.8. The molecule has 0 bridgehead atoms. The van der Waals surface area contributed by atoms with Gasteiger partial charge in [0, 0.05) is 0 Å². The Kier molecular flexibility index (Phi) is 3.69. The van der Waals surface area contributed by atoms with Crippen molar-refractivity contribution in [1.82, 2.24) is 14.8 Å². The summed E-state index contributed by atoms with van der Waals surface area (Å²) in [5, 5.41) is 12.8. The highest BCUT2D eigenvalue weighted by atomic mass is 19.1. The largest absolute Gasteiger partial charge is 0.475 e. The molecule has 0 saturated heterocycles. The number of nitrogens with zero attached hydrogens (tertiary/aromatic N) is 3. The molecule has 0 aliphatic heterocycles. The third-order valence-corrected chi connectivity index (χ3v) is 2.62. The van der Waals surface area contributed by atoms with Gasteiger partial charge in [-0.3, -0.25) is 0 Å². The number of ether oxygens (including phenoxy) is 1. The summed E-state index contributed by atoms with van der Waals surface area (Å²) in [6, 6.07) is 3.99.